The van der Waals surface area contributed by atoms with Crippen LogP contribution in [0.25, 0.3) is 0 Å². The van der Waals surface area contributed by atoms with Crippen molar-refractivity contribution in [2.75, 3.05) is 26.7 Å². The minimum atomic E-state index is -0.424. The van der Waals surface area contributed by atoms with Crippen LogP contribution in [-0.4, -0.2) is 49.5 Å². The Hall–Kier alpha value is -2.08. The van der Waals surface area contributed by atoms with Gasteiger partial charge < -0.3 is 15.4 Å². The fourth-order valence-corrected chi connectivity index (χ4v) is 3.08. The predicted octanol–water partition coefficient (Wildman–Crippen LogP) is 1.14. The quantitative estimate of drug-likeness (QED) is 0.819. The standard InChI is InChI=1S/C18H27N3O3/c1-5-19-17(22)10-15-18(23)20-8-9-21(15)11-14-6-7-16(24-4)13(3)12(14)2/h6-7,15H,5,8-11H2,1-4H3,(H,19,22)(H,20,23). The Labute approximate surface area is 143 Å². The smallest absolute Gasteiger partial charge is 0.237 e. The summed E-state index contributed by atoms with van der Waals surface area (Å²) in [5.41, 5.74) is 3.43. The first kappa shape index (κ1) is 18.3. The molecule has 2 N–H and O–H groups in total. The van der Waals surface area contributed by atoms with E-state index in [0.29, 0.717) is 19.6 Å². The molecule has 1 unspecified atom stereocenters. The summed E-state index contributed by atoms with van der Waals surface area (Å²) < 4.78 is 5.36. The van der Waals surface area contributed by atoms with Gasteiger partial charge in [-0.1, -0.05) is 6.07 Å². The van der Waals surface area contributed by atoms with Gasteiger partial charge in [-0.25, -0.2) is 0 Å². The van der Waals surface area contributed by atoms with Crippen LogP contribution in [0.1, 0.15) is 30.0 Å². The molecular weight excluding hydrogens is 306 g/mol. The molecule has 1 atom stereocenters. The maximum Gasteiger partial charge on any atom is 0.237 e. The molecule has 2 amide bonds. The molecule has 1 saturated heterocycles. The predicted molar refractivity (Wildman–Crippen MR) is 93.0 cm³/mol. The van der Waals surface area contributed by atoms with Gasteiger partial charge in [0.25, 0.3) is 0 Å². The average molecular weight is 333 g/mol. The van der Waals surface area contributed by atoms with Gasteiger partial charge in [0, 0.05) is 26.2 Å². The molecule has 2 rings (SSSR count). The van der Waals surface area contributed by atoms with E-state index < -0.39 is 6.04 Å². The highest BCUT2D eigenvalue weighted by atomic mass is 16.5. The van der Waals surface area contributed by atoms with E-state index in [1.54, 1.807) is 7.11 Å². The van der Waals surface area contributed by atoms with Gasteiger partial charge in [0.2, 0.25) is 11.8 Å². The monoisotopic (exact) mass is 333 g/mol. The van der Waals surface area contributed by atoms with Crippen molar-refractivity contribution >= 4 is 11.8 Å². The molecule has 6 heteroatoms. The summed E-state index contributed by atoms with van der Waals surface area (Å²) in [7, 11) is 1.67. The van der Waals surface area contributed by atoms with Crippen LogP contribution in [-0.2, 0) is 16.1 Å². The summed E-state index contributed by atoms with van der Waals surface area (Å²) in [6, 6.07) is 3.57. The van der Waals surface area contributed by atoms with Gasteiger partial charge in [-0.15, -0.1) is 0 Å². The maximum atomic E-state index is 12.2. The van der Waals surface area contributed by atoms with Crippen molar-refractivity contribution in [3.05, 3.63) is 28.8 Å². The van der Waals surface area contributed by atoms with Gasteiger partial charge in [0.15, 0.2) is 0 Å². The van der Waals surface area contributed by atoms with Crippen LogP contribution in [0.2, 0.25) is 0 Å². The molecule has 0 aromatic heterocycles. The van der Waals surface area contributed by atoms with E-state index in [-0.39, 0.29) is 18.2 Å². The van der Waals surface area contributed by atoms with Crippen molar-refractivity contribution in [1.82, 2.24) is 15.5 Å². The Bertz CT molecular complexity index is 616. The van der Waals surface area contributed by atoms with E-state index in [1.165, 1.54) is 0 Å². The summed E-state index contributed by atoms with van der Waals surface area (Å²) in [6.07, 6.45) is 0.188. The number of nitrogens with one attached hydrogen (secondary N) is 2. The van der Waals surface area contributed by atoms with Gasteiger partial charge in [0.05, 0.1) is 19.6 Å². The zero-order valence-electron chi connectivity index (χ0n) is 14.9. The van der Waals surface area contributed by atoms with Crippen molar-refractivity contribution in [3.8, 4) is 5.75 Å². The van der Waals surface area contributed by atoms with Crippen LogP contribution in [0.4, 0.5) is 0 Å². The Morgan fingerprint density at radius 1 is 1.38 bits per heavy atom. The molecule has 24 heavy (non-hydrogen) atoms. The second kappa shape index (κ2) is 8.15. The molecule has 1 heterocycles. The number of methoxy groups -OCH3 is 1. The lowest BCUT2D eigenvalue weighted by atomic mass is 10.00. The molecule has 1 aromatic carbocycles. The SMILES string of the molecule is CCNC(=O)CC1C(=O)NCCN1Cc1ccc(OC)c(C)c1C. The van der Waals surface area contributed by atoms with E-state index in [2.05, 4.69) is 22.5 Å². The zero-order valence-corrected chi connectivity index (χ0v) is 14.9. The third-order valence-electron chi connectivity index (χ3n) is 4.64. The number of nitrogens with zero attached hydrogens (tertiary/aromatic N) is 1. The Morgan fingerprint density at radius 3 is 2.79 bits per heavy atom. The minimum absolute atomic E-state index is 0.0737. The highest BCUT2D eigenvalue weighted by molar-refractivity contribution is 5.88. The molecule has 132 valence electrons. The van der Waals surface area contributed by atoms with Gasteiger partial charge in [-0.2, -0.15) is 0 Å². The number of hydrogen-bond acceptors (Lipinski definition) is 4. The first-order chi connectivity index (χ1) is 11.5. The molecule has 1 fully saturated rings. The van der Waals surface area contributed by atoms with Crippen molar-refractivity contribution in [3.63, 3.8) is 0 Å². The fourth-order valence-electron chi connectivity index (χ4n) is 3.08. The van der Waals surface area contributed by atoms with Gasteiger partial charge >= 0.3 is 0 Å². The van der Waals surface area contributed by atoms with Crippen molar-refractivity contribution in [2.24, 2.45) is 0 Å². The summed E-state index contributed by atoms with van der Waals surface area (Å²) in [4.78, 5) is 26.2. The molecular formula is C18H27N3O3. The molecule has 6 nitrogen and oxygen atoms in total. The number of rotatable bonds is 6. The normalized spacial score (nSPS) is 18.2. The lowest BCUT2D eigenvalue weighted by Crippen LogP contribution is -2.56. The number of piperazine rings is 1. The van der Waals surface area contributed by atoms with Crippen LogP contribution in [0.3, 0.4) is 0 Å². The number of hydrogen-bond donors (Lipinski definition) is 2. The van der Waals surface area contributed by atoms with Crippen molar-refractivity contribution in [2.45, 2.75) is 39.8 Å². The molecule has 0 spiro atoms. The molecule has 0 saturated carbocycles. The van der Waals surface area contributed by atoms with Crippen LogP contribution < -0.4 is 15.4 Å². The Kier molecular flexibility index (Phi) is 6.20. The number of carbonyl (C=O) groups is 2. The van der Waals surface area contributed by atoms with Crippen LogP contribution in [0.15, 0.2) is 12.1 Å². The number of ether oxygens (including phenoxy) is 1. The molecule has 0 bridgehead atoms. The summed E-state index contributed by atoms with van der Waals surface area (Å²) in [5, 5.41) is 5.63. The van der Waals surface area contributed by atoms with Crippen LogP contribution >= 0.6 is 0 Å². The van der Waals surface area contributed by atoms with Gasteiger partial charge in [-0.05, 0) is 43.5 Å². The number of carbonyl (C=O) groups excluding carboxylic acids is 2. The van der Waals surface area contributed by atoms with Gasteiger partial charge in [-0.3, -0.25) is 14.5 Å². The average Bonchev–Trinajstić information content (AvgIpc) is 2.55. The fraction of sp³-hybridized carbons (Fsp3) is 0.556. The highest BCUT2D eigenvalue weighted by Crippen LogP contribution is 2.25. The lowest BCUT2D eigenvalue weighted by Gasteiger charge is -2.35. The highest BCUT2D eigenvalue weighted by Gasteiger charge is 2.31. The molecule has 1 aromatic rings. The van der Waals surface area contributed by atoms with Crippen LogP contribution in [0.5, 0.6) is 5.75 Å². The first-order valence-corrected chi connectivity index (χ1v) is 8.39. The number of amides is 2. The van der Waals surface area contributed by atoms with E-state index >= 15 is 0 Å². The van der Waals surface area contributed by atoms with E-state index in [9.17, 15) is 9.59 Å². The lowest BCUT2D eigenvalue weighted by molar-refractivity contribution is -0.134. The molecule has 1 aliphatic rings. The van der Waals surface area contributed by atoms with E-state index in [4.69, 9.17) is 4.74 Å². The van der Waals surface area contributed by atoms with Gasteiger partial charge in [0.1, 0.15) is 5.75 Å². The number of benzene rings is 1. The molecule has 1 aliphatic heterocycles. The Morgan fingerprint density at radius 2 is 2.12 bits per heavy atom. The largest absolute Gasteiger partial charge is 0.496 e. The summed E-state index contributed by atoms with van der Waals surface area (Å²) in [5.74, 6) is 0.703. The van der Waals surface area contributed by atoms with E-state index in [0.717, 1.165) is 29.0 Å². The van der Waals surface area contributed by atoms with E-state index in [1.807, 2.05) is 26.0 Å². The summed E-state index contributed by atoms with van der Waals surface area (Å²) >= 11 is 0. The molecule has 0 aliphatic carbocycles. The second-order valence-corrected chi connectivity index (χ2v) is 6.11. The second-order valence-electron chi connectivity index (χ2n) is 6.11. The van der Waals surface area contributed by atoms with Crippen LogP contribution in [0, 0.1) is 13.8 Å². The topological polar surface area (TPSA) is 70.7 Å². The third kappa shape index (κ3) is 4.06. The Balaban J connectivity index is 2.17. The first-order valence-electron chi connectivity index (χ1n) is 8.39. The minimum Gasteiger partial charge on any atom is -0.496 e. The third-order valence-corrected chi connectivity index (χ3v) is 4.64. The van der Waals surface area contributed by atoms with Crippen molar-refractivity contribution in [1.29, 1.82) is 0 Å². The molecule has 0 radical (unpaired) electrons. The zero-order chi connectivity index (χ0) is 17.7. The maximum absolute atomic E-state index is 12.2. The van der Waals surface area contributed by atoms with Crippen molar-refractivity contribution < 1.29 is 14.3 Å². The summed E-state index contributed by atoms with van der Waals surface area (Å²) in [6.45, 7) is 8.54.